The van der Waals surface area contributed by atoms with Crippen molar-refractivity contribution in [3.8, 4) is 0 Å². The molecule has 1 aliphatic heterocycles. The molecule has 5 nitrogen and oxygen atoms in total. The van der Waals surface area contributed by atoms with Crippen LogP contribution in [0.4, 0.5) is 11.4 Å². The summed E-state index contributed by atoms with van der Waals surface area (Å²) >= 11 is 0. The first kappa shape index (κ1) is 18.0. The van der Waals surface area contributed by atoms with Gasteiger partial charge in [-0.25, -0.2) is 4.79 Å². The number of carbonyl (C=O) groups is 2. The fourth-order valence-electron chi connectivity index (χ4n) is 3.32. The Balaban J connectivity index is 1.85. The highest BCUT2D eigenvalue weighted by Crippen LogP contribution is 2.26. The molecular weight excluding hydrogens is 328 g/mol. The molecule has 1 amide bonds. The van der Waals surface area contributed by atoms with E-state index in [1.807, 2.05) is 25.1 Å². The van der Waals surface area contributed by atoms with Crippen molar-refractivity contribution in [3.63, 3.8) is 0 Å². The standard InChI is InChI=1S/C21H24N2O3/c1-15-7-6-8-16(13-15)20(24)22-19-10-9-17(14-18(19)21(25)26)23-11-4-2-3-5-12-23/h6-10,13-14H,2-5,11-12H2,1H3,(H,22,24)(H,25,26). The Morgan fingerprint density at radius 2 is 1.73 bits per heavy atom. The minimum atomic E-state index is -1.04. The minimum Gasteiger partial charge on any atom is -0.478 e. The molecule has 0 spiro atoms. The molecule has 2 aromatic carbocycles. The molecule has 0 atom stereocenters. The maximum absolute atomic E-state index is 12.5. The second kappa shape index (κ2) is 8.04. The third-order valence-corrected chi connectivity index (χ3v) is 4.73. The van der Waals surface area contributed by atoms with E-state index in [0.29, 0.717) is 11.3 Å². The van der Waals surface area contributed by atoms with E-state index < -0.39 is 5.97 Å². The van der Waals surface area contributed by atoms with E-state index in [-0.39, 0.29) is 11.5 Å². The van der Waals surface area contributed by atoms with Crippen molar-refractivity contribution >= 4 is 23.3 Å². The second-order valence-corrected chi connectivity index (χ2v) is 6.76. The smallest absolute Gasteiger partial charge is 0.337 e. The van der Waals surface area contributed by atoms with Gasteiger partial charge in [0.25, 0.3) is 5.91 Å². The van der Waals surface area contributed by atoms with E-state index in [1.165, 1.54) is 12.8 Å². The average molecular weight is 352 g/mol. The molecule has 1 fully saturated rings. The summed E-state index contributed by atoms with van der Waals surface area (Å²) in [5.41, 5.74) is 2.83. The number of aryl methyl sites for hydroxylation is 1. The van der Waals surface area contributed by atoms with E-state index in [0.717, 1.165) is 37.2 Å². The lowest BCUT2D eigenvalue weighted by Crippen LogP contribution is -2.24. The monoisotopic (exact) mass is 352 g/mol. The quantitative estimate of drug-likeness (QED) is 0.859. The summed E-state index contributed by atoms with van der Waals surface area (Å²) in [7, 11) is 0. The molecule has 0 radical (unpaired) electrons. The Hall–Kier alpha value is -2.82. The maximum atomic E-state index is 12.5. The maximum Gasteiger partial charge on any atom is 0.337 e. The summed E-state index contributed by atoms with van der Waals surface area (Å²) in [6.07, 6.45) is 4.67. The fraction of sp³-hybridized carbons (Fsp3) is 0.333. The van der Waals surface area contributed by atoms with Gasteiger partial charge in [-0.05, 0) is 50.1 Å². The third kappa shape index (κ3) is 4.23. The predicted octanol–water partition coefficient (Wildman–Crippen LogP) is 4.33. The molecule has 3 rings (SSSR count). The number of nitrogens with one attached hydrogen (secondary N) is 1. The van der Waals surface area contributed by atoms with Crippen LogP contribution in [0.2, 0.25) is 0 Å². The molecule has 136 valence electrons. The highest BCUT2D eigenvalue weighted by atomic mass is 16.4. The van der Waals surface area contributed by atoms with Gasteiger partial charge in [-0.2, -0.15) is 0 Å². The summed E-state index contributed by atoms with van der Waals surface area (Å²) in [6, 6.07) is 12.5. The van der Waals surface area contributed by atoms with Gasteiger partial charge in [0.2, 0.25) is 0 Å². The summed E-state index contributed by atoms with van der Waals surface area (Å²) in [4.78, 5) is 26.4. The van der Waals surface area contributed by atoms with Crippen LogP contribution in [0.3, 0.4) is 0 Å². The largest absolute Gasteiger partial charge is 0.478 e. The van der Waals surface area contributed by atoms with Gasteiger partial charge in [-0.3, -0.25) is 4.79 Å². The Kier molecular flexibility index (Phi) is 5.56. The number of carboxylic acids is 1. The Morgan fingerprint density at radius 3 is 2.38 bits per heavy atom. The zero-order valence-electron chi connectivity index (χ0n) is 15.0. The number of amides is 1. The second-order valence-electron chi connectivity index (χ2n) is 6.76. The number of rotatable bonds is 4. The zero-order chi connectivity index (χ0) is 18.5. The molecule has 26 heavy (non-hydrogen) atoms. The van der Waals surface area contributed by atoms with Crippen LogP contribution in [0.25, 0.3) is 0 Å². The van der Waals surface area contributed by atoms with Crippen molar-refractivity contribution in [2.45, 2.75) is 32.6 Å². The summed E-state index contributed by atoms with van der Waals surface area (Å²) in [5, 5.41) is 12.3. The van der Waals surface area contributed by atoms with Crippen molar-refractivity contribution in [1.29, 1.82) is 0 Å². The molecule has 0 saturated carbocycles. The average Bonchev–Trinajstić information content (AvgIpc) is 2.91. The van der Waals surface area contributed by atoms with Gasteiger partial charge < -0.3 is 15.3 Å². The van der Waals surface area contributed by atoms with Crippen LogP contribution in [0, 0.1) is 6.92 Å². The molecule has 1 heterocycles. The van der Waals surface area contributed by atoms with E-state index in [2.05, 4.69) is 10.2 Å². The number of hydrogen-bond donors (Lipinski definition) is 2. The number of benzene rings is 2. The molecule has 0 aromatic heterocycles. The normalized spacial score (nSPS) is 14.6. The van der Waals surface area contributed by atoms with Gasteiger partial charge in [0.1, 0.15) is 0 Å². The van der Waals surface area contributed by atoms with Crippen molar-refractivity contribution < 1.29 is 14.7 Å². The minimum absolute atomic E-state index is 0.118. The van der Waals surface area contributed by atoms with Crippen LogP contribution in [0.15, 0.2) is 42.5 Å². The van der Waals surface area contributed by atoms with Gasteiger partial charge in [0.05, 0.1) is 11.3 Å². The van der Waals surface area contributed by atoms with Gasteiger partial charge in [0.15, 0.2) is 0 Å². The van der Waals surface area contributed by atoms with E-state index in [4.69, 9.17) is 0 Å². The van der Waals surface area contributed by atoms with Crippen LogP contribution < -0.4 is 10.2 Å². The number of hydrogen-bond acceptors (Lipinski definition) is 3. The fourth-order valence-corrected chi connectivity index (χ4v) is 3.32. The van der Waals surface area contributed by atoms with Crippen LogP contribution in [-0.4, -0.2) is 30.1 Å². The van der Waals surface area contributed by atoms with Crippen LogP contribution >= 0.6 is 0 Å². The topological polar surface area (TPSA) is 69.6 Å². The lowest BCUT2D eigenvalue weighted by molar-refractivity contribution is 0.0698. The number of carboxylic acid groups (broad SMARTS) is 1. The number of nitrogens with zero attached hydrogens (tertiary/aromatic N) is 1. The third-order valence-electron chi connectivity index (χ3n) is 4.73. The molecule has 2 aromatic rings. The first-order valence-electron chi connectivity index (χ1n) is 9.05. The Bertz CT molecular complexity index is 809. The number of aromatic carboxylic acids is 1. The molecule has 0 unspecified atom stereocenters. The lowest BCUT2D eigenvalue weighted by Gasteiger charge is -2.23. The van der Waals surface area contributed by atoms with Crippen molar-refractivity contribution in [1.82, 2.24) is 0 Å². The SMILES string of the molecule is Cc1cccc(C(=O)Nc2ccc(N3CCCCCC3)cc2C(=O)O)c1. The van der Waals surface area contributed by atoms with Gasteiger partial charge in [-0.1, -0.05) is 30.5 Å². The van der Waals surface area contributed by atoms with Crippen LogP contribution in [0.1, 0.15) is 52.0 Å². The first-order chi connectivity index (χ1) is 12.5. The molecule has 1 aliphatic rings. The van der Waals surface area contributed by atoms with Gasteiger partial charge in [-0.15, -0.1) is 0 Å². The van der Waals surface area contributed by atoms with Crippen LogP contribution in [-0.2, 0) is 0 Å². The highest BCUT2D eigenvalue weighted by molar-refractivity contribution is 6.08. The molecule has 0 bridgehead atoms. The Labute approximate surface area is 153 Å². The zero-order valence-corrected chi connectivity index (χ0v) is 15.0. The molecule has 5 heteroatoms. The highest BCUT2D eigenvalue weighted by Gasteiger charge is 2.17. The summed E-state index contributed by atoms with van der Waals surface area (Å²) in [5.74, 6) is -1.35. The molecular formula is C21H24N2O3. The van der Waals surface area contributed by atoms with Gasteiger partial charge in [0, 0.05) is 24.3 Å². The molecule has 2 N–H and O–H groups in total. The first-order valence-corrected chi connectivity index (χ1v) is 9.05. The van der Waals surface area contributed by atoms with Crippen LogP contribution in [0.5, 0.6) is 0 Å². The molecule has 0 aliphatic carbocycles. The van der Waals surface area contributed by atoms with E-state index >= 15 is 0 Å². The predicted molar refractivity (Wildman–Crippen MR) is 103 cm³/mol. The molecule has 1 saturated heterocycles. The van der Waals surface area contributed by atoms with Crippen molar-refractivity contribution in [2.24, 2.45) is 0 Å². The summed E-state index contributed by atoms with van der Waals surface area (Å²) < 4.78 is 0. The summed E-state index contributed by atoms with van der Waals surface area (Å²) in [6.45, 7) is 3.79. The lowest BCUT2D eigenvalue weighted by atomic mass is 10.1. The number of carbonyl (C=O) groups excluding carboxylic acids is 1. The number of anilines is 2. The van der Waals surface area contributed by atoms with Crippen molar-refractivity contribution in [2.75, 3.05) is 23.3 Å². The van der Waals surface area contributed by atoms with Gasteiger partial charge >= 0.3 is 5.97 Å². The van der Waals surface area contributed by atoms with E-state index in [1.54, 1.807) is 24.3 Å². The Morgan fingerprint density at radius 1 is 1.00 bits per heavy atom. The van der Waals surface area contributed by atoms with Crippen molar-refractivity contribution in [3.05, 3.63) is 59.2 Å². The van der Waals surface area contributed by atoms with E-state index in [9.17, 15) is 14.7 Å².